The third-order valence-corrected chi connectivity index (χ3v) is 3.02. The van der Waals surface area contributed by atoms with Gasteiger partial charge in [0.05, 0.1) is 7.11 Å². The van der Waals surface area contributed by atoms with Gasteiger partial charge >= 0.3 is 0 Å². The molecule has 0 amide bonds. The minimum atomic E-state index is -0.259. The van der Waals surface area contributed by atoms with Gasteiger partial charge in [0.1, 0.15) is 11.6 Å². The van der Waals surface area contributed by atoms with Crippen LogP contribution in [0.3, 0.4) is 0 Å². The van der Waals surface area contributed by atoms with Gasteiger partial charge in [0.15, 0.2) is 0 Å². The Morgan fingerprint density at radius 1 is 1.50 bits per heavy atom. The van der Waals surface area contributed by atoms with Gasteiger partial charge in [-0.3, -0.25) is 0 Å². The van der Waals surface area contributed by atoms with Gasteiger partial charge in [-0.05, 0) is 19.4 Å². The number of methoxy groups -OCH3 is 1. The van der Waals surface area contributed by atoms with E-state index in [1.165, 1.54) is 13.2 Å². The van der Waals surface area contributed by atoms with E-state index in [0.717, 1.165) is 6.42 Å². The number of hydrogen-bond acceptors (Lipinski definition) is 2. The Bertz CT molecular complexity index is 425. The molecule has 1 aromatic carbocycles. The molecule has 0 bridgehead atoms. The molecule has 0 saturated heterocycles. The van der Waals surface area contributed by atoms with Crippen LogP contribution in [0.25, 0.3) is 0 Å². The third kappa shape index (κ3) is 3.75. The van der Waals surface area contributed by atoms with Gasteiger partial charge in [-0.25, -0.2) is 4.39 Å². The maximum Gasteiger partial charge on any atom is 0.131 e. The molecule has 0 spiro atoms. The number of halogens is 1. The maximum absolute atomic E-state index is 13.9. The molecular weight excluding hydrogens is 229 g/mol. The second kappa shape index (κ2) is 7.03. The van der Waals surface area contributed by atoms with Crippen LogP contribution >= 0.6 is 0 Å². The van der Waals surface area contributed by atoms with Crippen LogP contribution in [0.1, 0.15) is 38.3 Å². The van der Waals surface area contributed by atoms with E-state index in [0.29, 0.717) is 17.7 Å². The van der Waals surface area contributed by atoms with E-state index in [1.54, 1.807) is 12.1 Å². The fourth-order valence-electron chi connectivity index (χ4n) is 1.89. The molecule has 0 aliphatic heterocycles. The van der Waals surface area contributed by atoms with Crippen molar-refractivity contribution in [1.29, 1.82) is 0 Å². The van der Waals surface area contributed by atoms with Gasteiger partial charge in [0.2, 0.25) is 0 Å². The fraction of sp³-hybridized carbons (Fsp3) is 0.467. The number of terminal acetylenes is 1. The van der Waals surface area contributed by atoms with Crippen molar-refractivity contribution in [2.75, 3.05) is 7.11 Å². The van der Waals surface area contributed by atoms with Gasteiger partial charge in [-0.1, -0.05) is 13.0 Å². The number of hydrogen-bond donors (Lipinski definition) is 1. The van der Waals surface area contributed by atoms with Crippen LogP contribution in [0.2, 0.25) is 0 Å². The highest BCUT2D eigenvalue weighted by Crippen LogP contribution is 2.22. The molecule has 0 fully saturated rings. The van der Waals surface area contributed by atoms with E-state index in [4.69, 9.17) is 11.2 Å². The van der Waals surface area contributed by atoms with Crippen molar-refractivity contribution >= 4 is 0 Å². The predicted octanol–water partition coefficient (Wildman–Crippen LogP) is 3.29. The largest absolute Gasteiger partial charge is 0.497 e. The molecule has 98 valence electrons. The normalized spacial score (nSPS) is 13.7. The van der Waals surface area contributed by atoms with Crippen LogP contribution in [0, 0.1) is 18.2 Å². The van der Waals surface area contributed by atoms with Crippen LogP contribution in [-0.4, -0.2) is 13.2 Å². The molecule has 1 aromatic rings. The van der Waals surface area contributed by atoms with Crippen molar-refractivity contribution in [1.82, 2.24) is 5.32 Å². The van der Waals surface area contributed by atoms with Gasteiger partial charge < -0.3 is 10.1 Å². The Labute approximate surface area is 109 Å². The smallest absolute Gasteiger partial charge is 0.131 e. The Kier molecular flexibility index (Phi) is 5.67. The molecule has 3 heteroatoms. The first-order valence-corrected chi connectivity index (χ1v) is 6.15. The lowest BCUT2D eigenvalue weighted by Crippen LogP contribution is -2.31. The van der Waals surface area contributed by atoms with Gasteiger partial charge in [0, 0.05) is 30.1 Å². The SMILES string of the molecule is C#CCC(CC)NC(C)c1ccc(OC)cc1F. The van der Waals surface area contributed by atoms with Crippen molar-refractivity contribution in [2.24, 2.45) is 0 Å². The Balaban J connectivity index is 2.77. The molecule has 1 rings (SSSR count). The van der Waals surface area contributed by atoms with Crippen molar-refractivity contribution < 1.29 is 9.13 Å². The number of ether oxygens (including phenoxy) is 1. The summed E-state index contributed by atoms with van der Waals surface area (Å²) in [6.07, 6.45) is 6.88. The fourth-order valence-corrected chi connectivity index (χ4v) is 1.89. The first kappa shape index (κ1) is 14.5. The van der Waals surface area contributed by atoms with E-state index in [9.17, 15) is 4.39 Å². The Hall–Kier alpha value is -1.53. The lowest BCUT2D eigenvalue weighted by molar-refractivity contribution is 0.406. The average Bonchev–Trinajstić information content (AvgIpc) is 2.37. The molecule has 0 radical (unpaired) electrons. The summed E-state index contributed by atoms with van der Waals surface area (Å²) >= 11 is 0. The van der Waals surface area contributed by atoms with Gasteiger partial charge in [-0.15, -0.1) is 12.3 Å². The molecule has 0 saturated carbocycles. The van der Waals surface area contributed by atoms with Gasteiger partial charge in [-0.2, -0.15) is 0 Å². The molecule has 2 nitrogen and oxygen atoms in total. The summed E-state index contributed by atoms with van der Waals surface area (Å²) in [6, 6.07) is 5.05. The molecule has 2 unspecified atom stereocenters. The topological polar surface area (TPSA) is 21.3 Å². The lowest BCUT2D eigenvalue weighted by atomic mass is 10.0. The molecule has 0 heterocycles. The maximum atomic E-state index is 13.9. The summed E-state index contributed by atoms with van der Waals surface area (Å²) in [6.45, 7) is 4.00. The van der Waals surface area contributed by atoms with Crippen LogP contribution in [0.5, 0.6) is 5.75 Å². The van der Waals surface area contributed by atoms with E-state index in [-0.39, 0.29) is 17.9 Å². The zero-order valence-electron chi connectivity index (χ0n) is 11.2. The van der Waals surface area contributed by atoms with Crippen LogP contribution in [-0.2, 0) is 0 Å². The predicted molar refractivity (Wildman–Crippen MR) is 72.0 cm³/mol. The highest BCUT2D eigenvalue weighted by Gasteiger charge is 2.14. The molecule has 0 aromatic heterocycles. The molecule has 18 heavy (non-hydrogen) atoms. The molecule has 1 N–H and O–H groups in total. The van der Waals surface area contributed by atoms with Crippen LogP contribution in [0.15, 0.2) is 18.2 Å². The van der Waals surface area contributed by atoms with Crippen LogP contribution in [0.4, 0.5) is 4.39 Å². The number of nitrogens with one attached hydrogen (secondary N) is 1. The molecule has 2 atom stereocenters. The second-order valence-electron chi connectivity index (χ2n) is 4.29. The molecule has 0 aliphatic rings. The highest BCUT2D eigenvalue weighted by molar-refractivity contribution is 5.30. The monoisotopic (exact) mass is 249 g/mol. The lowest BCUT2D eigenvalue weighted by Gasteiger charge is -2.21. The Morgan fingerprint density at radius 3 is 2.72 bits per heavy atom. The van der Waals surface area contributed by atoms with Crippen molar-refractivity contribution in [3.63, 3.8) is 0 Å². The summed E-state index contributed by atoms with van der Waals surface area (Å²) in [4.78, 5) is 0. The first-order chi connectivity index (χ1) is 8.62. The average molecular weight is 249 g/mol. The highest BCUT2D eigenvalue weighted by atomic mass is 19.1. The summed E-state index contributed by atoms with van der Waals surface area (Å²) < 4.78 is 18.9. The summed E-state index contributed by atoms with van der Waals surface area (Å²) in [5.41, 5.74) is 0.631. The summed E-state index contributed by atoms with van der Waals surface area (Å²) in [5.74, 6) is 2.90. The molecular formula is C15H20FNO. The van der Waals surface area contributed by atoms with Crippen molar-refractivity contribution in [3.05, 3.63) is 29.6 Å². The van der Waals surface area contributed by atoms with E-state index in [1.807, 2.05) is 6.92 Å². The minimum Gasteiger partial charge on any atom is -0.497 e. The van der Waals surface area contributed by atoms with Crippen LogP contribution < -0.4 is 10.1 Å². The second-order valence-corrected chi connectivity index (χ2v) is 4.29. The summed E-state index contributed by atoms with van der Waals surface area (Å²) in [5, 5.41) is 3.34. The standard InChI is InChI=1S/C15H20FNO/c1-5-7-12(6-2)17-11(3)14-9-8-13(18-4)10-15(14)16/h1,8-12,17H,6-7H2,2-4H3. The Morgan fingerprint density at radius 2 is 2.22 bits per heavy atom. The number of benzene rings is 1. The molecule has 0 aliphatic carbocycles. The zero-order chi connectivity index (χ0) is 13.5. The summed E-state index contributed by atoms with van der Waals surface area (Å²) in [7, 11) is 1.52. The quantitative estimate of drug-likeness (QED) is 0.781. The van der Waals surface area contributed by atoms with Crippen molar-refractivity contribution in [3.8, 4) is 18.1 Å². The van der Waals surface area contributed by atoms with E-state index >= 15 is 0 Å². The first-order valence-electron chi connectivity index (χ1n) is 6.15. The third-order valence-electron chi connectivity index (χ3n) is 3.02. The van der Waals surface area contributed by atoms with Crippen molar-refractivity contribution in [2.45, 2.75) is 38.8 Å². The van der Waals surface area contributed by atoms with Gasteiger partial charge in [0.25, 0.3) is 0 Å². The minimum absolute atomic E-state index is 0.0748. The van der Waals surface area contributed by atoms with E-state index < -0.39 is 0 Å². The number of rotatable bonds is 6. The zero-order valence-corrected chi connectivity index (χ0v) is 11.2. The van der Waals surface area contributed by atoms with E-state index in [2.05, 4.69) is 18.2 Å².